The van der Waals surface area contributed by atoms with Crippen molar-refractivity contribution in [1.82, 2.24) is 15.3 Å². The maximum absolute atomic E-state index is 12.8. The zero-order valence-electron chi connectivity index (χ0n) is 17.2. The van der Waals surface area contributed by atoms with E-state index in [0.717, 1.165) is 23.4 Å². The van der Waals surface area contributed by atoms with Crippen molar-refractivity contribution in [2.45, 2.75) is 31.5 Å². The Labute approximate surface area is 191 Å². The van der Waals surface area contributed by atoms with E-state index in [1.54, 1.807) is 18.3 Å². The van der Waals surface area contributed by atoms with Crippen LogP contribution >= 0.6 is 11.3 Å². The van der Waals surface area contributed by atoms with Crippen LogP contribution in [0.25, 0.3) is 6.08 Å². The number of aromatic nitrogens is 2. The topological polar surface area (TPSA) is 84.0 Å². The molecule has 1 aliphatic carbocycles. The molecular weight excluding hydrogens is 453 g/mol. The summed E-state index contributed by atoms with van der Waals surface area (Å²) in [5.74, 6) is -0.418. The number of fused-ring (bicyclic) bond motifs is 1. The molecule has 0 saturated heterocycles. The van der Waals surface area contributed by atoms with E-state index in [1.807, 2.05) is 5.38 Å². The Bertz CT molecular complexity index is 1190. The first-order valence-electron chi connectivity index (χ1n) is 10.1. The van der Waals surface area contributed by atoms with Gasteiger partial charge in [0.15, 0.2) is 0 Å². The van der Waals surface area contributed by atoms with E-state index in [4.69, 9.17) is 0 Å². The first kappa shape index (κ1) is 22.7. The maximum Gasteiger partial charge on any atom is 0.416 e. The van der Waals surface area contributed by atoms with E-state index in [2.05, 4.69) is 20.6 Å². The molecule has 0 aliphatic heterocycles. The van der Waals surface area contributed by atoms with E-state index in [1.165, 1.54) is 35.6 Å². The Morgan fingerprint density at radius 3 is 2.79 bits per heavy atom. The van der Waals surface area contributed by atoms with E-state index in [0.29, 0.717) is 29.7 Å². The summed E-state index contributed by atoms with van der Waals surface area (Å²) in [5, 5.41) is 7.36. The fraction of sp³-hybridized carbons (Fsp3) is 0.217. The Kier molecular flexibility index (Phi) is 6.55. The second-order valence-corrected chi connectivity index (χ2v) is 8.45. The van der Waals surface area contributed by atoms with Gasteiger partial charge in [0.25, 0.3) is 5.91 Å². The first-order valence-corrected chi connectivity index (χ1v) is 11.0. The molecule has 0 bridgehead atoms. The minimum absolute atomic E-state index is 0.147. The predicted octanol–water partition coefficient (Wildman–Crippen LogP) is 4.50. The van der Waals surface area contributed by atoms with Gasteiger partial charge in [0, 0.05) is 24.0 Å². The Hall–Kier alpha value is -3.53. The predicted molar refractivity (Wildman–Crippen MR) is 119 cm³/mol. The fourth-order valence-corrected chi connectivity index (χ4v) is 4.12. The molecule has 0 radical (unpaired) electrons. The second kappa shape index (κ2) is 9.53. The molecule has 2 amide bonds. The lowest BCUT2D eigenvalue weighted by Gasteiger charge is -2.24. The molecule has 0 saturated carbocycles. The molecule has 2 aromatic heterocycles. The van der Waals surface area contributed by atoms with Gasteiger partial charge in [-0.15, -0.1) is 11.3 Å². The van der Waals surface area contributed by atoms with Crippen LogP contribution < -0.4 is 10.6 Å². The van der Waals surface area contributed by atoms with Crippen LogP contribution in [-0.4, -0.2) is 27.8 Å². The van der Waals surface area contributed by atoms with E-state index < -0.39 is 11.7 Å². The molecule has 1 atom stereocenters. The van der Waals surface area contributed by atoms with Crippen LogP contribution in [0.5, 0.6) is 0 Å². The number of halogens is 3. The van der Waals surface area contributed by atoms with Gasteiger partial charge in [-0.05, 0) is 60.0 Å². The van der Waals surface area contributed by atoms with Crippen LogP contribution in [0.4, 0.5) is 19.1 Å². The highest BCUT2D eigenvalue weighted by atomic mass is 32.1. The molecule has 33 heavy (non-hydrogen) atoms. The van der Waals surface area contributed by atoms with Gasteiger partial charge < -0.3 is 5.32 Å². The van der Waals surface area contributed by atoms with Crippen molar-refractivity contribution in [3.63, 3.8) is 0 Å². The number of alkyl halides is 3. The zero-order valence-corrected chi connectivity index (χ0v) is 18.0. The molecule has 2 N–H and O–H groups in total. The number of carbonyl (C=O) groups excluding carboxylic acids is 2. The lowest BCUT2D eigenvalue weighted by Crippen LogP contribution is -2.38. The molecular formula is C23H19F3N4O2S. The van der Waals surface area contributed by atoms with Gasteiger partial charge >= 0.3 is 6.18 Å². The molecule has 0 fully saturated rings. The molecule has 10 heteroatoms. The number of thiophene rings is 1. The summed E-state index contributed by atoms with van der Waals surface area (Å²) in [6.07, 6.45) is 1.56. The van der Waals surface area contributed by atoms with Crippen LogP contribution in [-0.2, 0) is 23.8 Å². The summed E-state index contributed by atoms with van der Waals surface area (Å²) in [4.78, 5) is 33.6. The van der Waals surface area contributed by atoms with E-state index in [-0.39, 0.29) is 23.8 Å². The van der Waals surface area contributed by atoms with Crippen LogP contribution in [0, 0.1) is 0 Å². The number of benzene rings is 1. The number of rotatable bonds is 5. The molecule has 3 aromatic rings. The van der Waals surface area contributed by atoms with Gasteiger partial charge in [-0.3, -0.25) is 14.9 Å². The number of hydrogen-bond donors (Lipinski definition) is 2. The third kappa shape index (κ3) is 5.83. The van der Waals surface area contributed by atoms with Crippen LogP contribution in [0.2, 0.25) is 0 Å². The minimum atomic E-state index is -4.43. The third-order valence-corrected chi connectivity index (χ3v) is 5.98. The van der Waals surface area contributed by atoms with E-state index >= 15 is 0 Å². The standard InChI is InChI=1S/C23H19F3N4O2S/c24-23(25,26)16-4-1-3-14(11-16)6-9-20(31)28-17-7-8-18-15(12-17)13-27-22(29-18)30-21(32)19-5-2-10-33-19/h1-6,9-11,13,17H,7-8,12H2,(H,28,31)(H,27,29,30,32). The number of amides is 2. The number of anilines is 1. The normalized spacial score (nSPS) is 15.8. The summed E-state index contributed by atoms with van der Waals surface area (Å²) in [6, 6.07) is 8.14. The van der Waals surface area contributed by atoms with Crippen molar-refractivity contribution in [1.29, 1.82) is 0 Å². The summed E-state index contributed by atoms with van der Waals surface area (Å²) in [5.41, 5.74) is 1.22. The molecule has 1 unspecified atom stereocenters. The highest BCUT2D eigenvalue weighted by molar-refractivity contribution is 7.12. The lowest BCUT2D eigenvalue weighted by atomic mass is 9.93. The van der Waals surface area contributed by atoms with Gasteiger partial charge in [-0.2, -0.15) is 13.2 Å². The van der Waals surface area contributed by atoms with Crippen molar-refractivity contribution in [2.24, 2.45) is 0 Å². The van der Waals surface area contributed by atoms with Gasteiger partial charge in [0.05, 0.1) is 10.4 Å². The Balaban J connectivity index is 1.34. The Morgan fingerprint density at radius 1 is 1.18 bits per heavy atom. The number of nitrogens with one attached hydrogen (secondary N) is 2. The van der Waals surface area contributed by atoms with E-state index in [9.17, 15) is 22.8 Å². The second-order valence-electron chi connectivity index (χ2n) is 7.50. The average Bonchev–Trinajstić information content (AvgIpc) is 3.33. The monoisotopic (exact) mass is 472 g/mol. The number of aryl methyl sites for hydroxylation is 1. The quantitative estimate of drug-likeness (QED) is 0.536. The van der Waals surface area contributed by atoms with Crippen molar-refractivity contribution in [3.05, 3.63) is 81.3 Å². The first-order chi connectivity index (χ1) is 15.8. The van der Waals surface area contributed by atoms with Gasteiger partial charge in [0.2, 0.25) is 11.9 Å². The van der Waals surface area contributed by atoms with Gasteiger partial charge in [-0.25, -0.2) is 9.97 Å². The SMILES string of the molecule is O=C(C=Cc1cccc(C(F)(F)F)c1)NC1CCc2nc(NC(=O)c3cccs3)ncc2C1. The molecule has 6 nitrogen and oxygen atoms in total. The number of hydrogen-bond acceptors (Lipinski definition) is 5. The molecule has 2 heterocycles. The smallest absolute Gasteiger partial charge is 0.349 e. The molecule has 0 spiro atoms. The molecule has 1 aliphatic rings. The van der Waals surface area contributed by atoms with Gasteiger partial charge in [0.1, 0.15) is 0 Å². The number of nitrogens with zero attached hydrogens (tertiary/aromatic N) is 2. The van der Waals surface area contributed by atoms with Crippen LogP contribution in [0.15, 0.2) is 54.1 Å². The van der Waals surface area contributed by atoms with Crippen LogP contribution in [0.3, 0.4) is 0 Å². The Morgan fingerprint density at radius 2 is 2.03 bits per heavy atom. The summed E-state index contributed by atoms with van der Waals surface area (Å²) in [6.45, 7) is 0. The minimum Gasteiger partial charge on any atom is -0.349 e. The summed E-state index contributed by atoms with van der Waals surface area (Å²) >= 11 is 1.33. The van der Waals surface area contributed by atoms with Crippen molar-refractivity contribution >= 4 is 35.2 Å². The van der Waals surface area contributed by atoms with Crippen molar-refractivity contribution in [3.8, 4) is 0 Å². The van der Waals surface area contributed by atoms with Crippen molar-refractivity contribution in [2.75, 3.05) is 5.32 Å². The number of carbonyl (C=O) groups is 2. The average molecular weight is 472 g/mol. The van der Waals surface area contributed by atoms with Gasteiger partial charge in [-0.1, -0.05) is 18.2 Å². The maximum atomic E-state index is 12.8. The third-order valence-electron chi connectivity index (χ3n) is 5.11. The zero-order chi connectivity index (χ0) is 23.4. The summed E-state index contributed by atoms with van der Waals surface area (Å²) in [7, 11) is 0. The highest BCUT2D eigenvalue weighted by Crippen LogP contribution is 2.29. The summed E-state index contributed by atoms with van der Waals surface area (Å²) < 4.78 is 38.4. The molecule has 170 valence electrons. The van der Waals surface area contributed by atoms with Crippen molar-refractivity contribution < 1.29 is 22.8 Å². The largest absolute Gasteiger partial charge is 0.416 e. The lowest BCUT2D eigenvalue weighted by molar-refractivity contribution is -0.137. The highest BCUT2D eigenvalue weighted by Gasteiger charge is 2.30. The molecule has 1 aromatic carbocycles. The fourth-order valence-electron chi connectivity index (χ4n) is 3.50. The van der Waals surface area contributed by atoms with Crippen LogP contribution in [0.1, 0.15) is 38.5 Å². The molecule has 4 rings (SSSR count).